The molecule has 146 valence electrons. The van der Waals surface area contributed by atoms with Crippen molar-refractivity contribution in [3.05, 3.63) is 75.4 Å². The number of thiocarbonyl (C=S) groups is 1. The zero-order chi connectivity index (χ0) is 20.3. The number of nitrogens with zero attached hydrogens (tertiary/aromatic N) is 1. The van der Waals surface area contributed by atoms with Gasteiger partial charge in [0.15, 0.2) is 5.11 Å². The highest BCUT2D eigenvalue weighted by molar-refractivity contribution is 9.10. The first-order valence-corrected chi connectivity index (χ1v) is 9.90. The highest BCUT2D eigenvalue weighted by Gasteiger charge is 2.34. The third kappa shape index (κ3) is 4.20. The lowest BCUT2D eigenvalue weighted by molar-refractivity contribution is -0.136. The Morgan fingerprint density at radius 3 is 2.36 bits per heavy atom. The van der Waals surface area contributed by atoms with Gasteiger partial charge >= 0.3 is 5.97 Å². The van der Waals surface area contributed by atoms with Crippen LogP contribution in [0.15, 0.2) is 64.3 Å². The van der Waals surface area contributed by atoms with E-state index in [1.165, 1.54) is 7.11 Å². The largest absolute Gasteiger partial charge is 0.497 e. The average Bonchev–Trinajstić information content (AvgIpc) is 2.71. The Labute approximate surface area is 178 Å². The minimum Gasteiger partial charge on any atom is -0.497 e. The fourth-order valence-electron chi connectivity index (χ4n) is 3.16. The van der Waals surface area contributed by atoms with E-state index in [0.29, 0.717) is 17.2 Å². The van der Waals surface area contributed by atoms with E-state index in [4.69, 9.17) is 21.7 Å². The Hall–Kier alpha value is -2.38. The molecule has 0 fully saturated rings. The van der Waals surface area contributed by atoms with Crippen molar-refractivity contribution >= 4 is 39.2 Å². The Balaban J connectivity index is 1.99. The van der Waals surface area contributed by atoms with E-state index in [0.717, 1.165) is 27.0 Å². The molecule has 1 unspecified atom stereocenters. The Morgan fingerprint density at radius 2 is 1.79 bits per heavy atom. The van der Waals surface area contributed by atoms with E-state index in [9.17, 15) is 4.79 Å². The number of nitrogens with one attached hydrogen (secondary N) is 1. The van der Waals surface area contributed by atoms with Crippen LogP contribution < -0.4 is 10.1 Å². The van der Waals surface area contributed by atoms with Gasteiger partial charge in [-0.3, -0.25) is 0 Å². The van der Waals surface area contributed by atoms with Crippen LogP contribution in [0.3, 0.4) is 0 Å². The first kappa shape index (κ1) is 20.4. The van der Waals surface area contributed by atoms with Gasteiger partial charge in [-0.1, -0.05) is 40.2 Å². The molecular weight excluding hydrogens is 440 g/mol. The summed E-state index contributed by atoms with van der Waals surface area (Å²) in [6, 6.07) is 15.2. The zero-order valence-corrected chi connectivity index (χ0v) is 18.3. The maximum atomic E-state index is 12.6. The molecule has 5 nitrogen and oxygen atoms in total. The second-order valence-electron chi connectivity index (χ2n) is 6.36. The molecule has 28 heavy (non-hydrogen) atoms. The standard InChI is InChI=1S/C21H21BrN2O3S/c1-13-18(20(25)27-3)19(15-6-10-17(26-2)11-7-15)23-21(28)24(13)12-14-4-8-16(22)9-5-14/h4-11,19H,12H2,1-3H3,(H,23,28). The van der Waals surface area contributed by atoms with E-state index in [2.05, 4.69) is 21.2 Å². The number of hydrogen-bond acceptors (Lipinski definition) is 4. The summed E-state index contributed by atoms with van der Waals surface area (Å²) in [5.41, 5.74) is 3.31. The first-order chi connectivity index (χ1) is 13.4. The summed E-state index contributed by atoms with van der Waals surface area (Å²) in [6.45, 7) is 2.45. The smallest absolute Gasteiger partial charge is 0.337 e. The molecule has 1 aliphatic rings. The summed E-state index contributed by atoms with van der Waals surface area (Å²) in [4.78, 5) is 14.5. The molecule has 0 saturated carbocycles. The van der Waals surface area contributed by atoms with E-state index in [1.807, 2.05) is 60.4 Å². The van der Waals surface area contributed by atoms with Gasteiger partial charge in [-0.25, -0.2) is 4.79 Å². The number of esters is 1. The van der Waals surface area contributed by atoms with Crippen LogP contribution in [0, 0.1) is 0 Å². The monoisotopic (exact) mass is 460 g/mol. The fraction of sp³-hybridized carbons (Fsp3) is 0.238. The Bertz CT molecular complexity index is 910. The van der Waals surface area contributed by atoms with E-state index in [-0.39, 0.29) is 12.0 Å². The van der Waals surface area contributed by atoms with Crippen molar-refractivity contribution in [2.45, 2.75) is 19.5 Å². The highest BCUT2D eigenvalue weighted by Crippen LogP contribution is 2.33. The van der Waals surface area contributed by atoms with Gasteiger partial charge in [0.2, 0.25) is 0 Å². The van der Waals surface area contributed by atoms with Gasteiger partial charge < -0.3 is 19.7 Å². The summed E-state index contributed by atoms with van der Waals surface area (Å²) in [5, 5.41) is 3.86. The predicted molar refractivity (Wildman–Crippen MR) is 116 cm³/mol. The van der Waals surface area contributed by atoms with E-state index < -0.39 is 0 Å². The van der Waals surface area contributed by atoms with Crippen LogP contribution >= 0.6 is 28.1 Å². The molecule has 0 aromatic heterocycles. The molecule has 1 aliphatic heterocycles. The Morgan fingerprint density at radius 1 is 1.14 bits per heavy atom. The van der Waals surface area contributed by atoms with Crippen molar-refractivity contribution in [3.8, 4) is 5.75 Å². The molecule has 0 saturated heterocycles. The fourth-order valence-corrected chi connectivity index (χ4v) is 3.75. The minimum atomic E-state index is -0.382. The lowest BCUT2D eigenvalue weighted by Gasteiger charge is -2.37. The molecule has 1 atom stereocenters. The van der Waals surface area contributed by atoms with Crippen LogP contribution in [-0.2, 0) is 16.1 Å². The number of methoxy groups -OCH3 is 2. The molecule has 0 spiro atoms. The van der Waals surface area contributed by atoms with Crippen molar-refractivity contribution in [2.24, 2.45) is 0 Å². The molecule has 0 bridgehead atoms. The number of carbonyl (C=O) groups excluding carboxylic acids is 1. The number of halogens is 1. The molecule has 1 N–H and O–H groups in total. The van der Waals surface area contributed by atoms with Crippen molar-refractivity contribution in [1.29, 1.82) is 0 Å². The number of allylic oxidation sites excluding steroid dienone is 1. The van der Waals surface area contributed by atoms with E-state index >= 15 is 0 Å². The summed E-state index contributed by atoms with van der Waals surface area (Å²) >= 11 is 9.07. The molecule has 2 aromatic carbocycles. The van der Waals surface area contributed by atoms with Crippen molar-refractivity contribution in [1.82, 2.24) is 10.2 Å². The normalized spacial score (nSPS) is 16.6. The van der Waals surface area contributed by atoms with Crippen molar-refractivity contribution < 1.29 is 14.3 Å². The summed E-state index contributed by atoms with van der Waals surface area (Å²) in [6.07, 6.45) is 0. The number of ether oxygens (including phenoxy) is 2. The van der Waals surface area contributed by atoms with Gasteiger partial charge in [0.05, 0.1) is 25.8 Å². The molecule has 2 aromatic rings. The lowest BCUT2D eigenvalue weighted by atomic mass is 9.94. The van der Waals surface area contributed by atoms with Crippen LogP contribution in [0.5, 0.6) is 5.75 Å². The molecular formula is C21H21BrN2O3S. The maximum absolute atomic E-state index is 12.6. The van der Waals surface area contributed by atoms with Gasteiger partial charge in [-0.05, 0) is 54.5 Å². The van der Waals surface area contributed by atoms with Gasteiger partial charge in [0.1, 0.15) is 5.75 Å². The van der Waals surface area contributed by atoms with Crippen LogP contribution in [-0.4, -0.2) is 30.2 Å². The first-order valence-electron chi connectivity index (χ1n) is 8.70. The van der Waals surface area contributed by atoms with Gasteiger partial charge in [0.25, 0.3) is 0 Å². The second-order valence-corrected chi connectivity index (χ2v) is 7.66. The average molecular weight is 461 g/mol. The summed E-state index contributed by atoms with van der Waals surface area (Å²) in [5.74, 6) is 0.369. The summed E-state index contributed by atoms with van der Waals surface area (Å²) in [7, 11) is 3.01. The third-order valence-corrected chi connectivity index (χ3v) is 5.57. The number of benzene rings is 2. The molecule has 0 radical (unpaired) electrons. The van der Waals surface area contributed by atoms with Crippen molar-refractivity contribution in [3.63, 3.8) is 0 Å². The number of carbonyl (C=O) groups is 1. The van der Waals surface area contributed by atoms with Crippen LogP contribution in [0.25, 0.3) is 0 Å². The van der Waals surface area contributed by atoms with Crippen molar-refractivity contribution in [2.75, 3.05) is 14.2 Å². The zero-order valence-electron chi connectivity index (χ0n) is 15.9. The predicted octanol–water partition coefficient (Wildman–Crippen LogP) is 4.34. The van der Waals surface area contributed by atoms with Crippen LogP contribution in [0.4, 0.5) is 0 Å². The van der Waals surface area contributed by atoms with Gasteiger partial charge in [-0.2, -0.15) is 0 Å². The Kier molecular flexibility index (Phi) is 6.36. The van der Waals surface area contributed by atoms with Crippen LogP contribution in [0.2, 0.25) is 0 Å². The maximum Gasteiger partial charge on any atom is 0.337 e. The summed E-state index contributed by atoms with van der Waals surface area (Å²) < 4.78 is 11.3. The van der Waals surface area contributed by atoms with E-state index in [1.54, 1.807) is 7.11 Å². The lowest BCUT2D eigenvalue weighted by Crippen LogP contribution is -2.47. The molecule has 3 rings (SSSR count). The molecule has 0 amide bonds. The van der Waals surface area contributed by atoms with Crippen LogP contribution in [0.1, 0.15) is 24.1 Å². The molecule has 1 heterocycles. The van der Waals surface area contributed by atoms with Gasteiger partial charge in [0, 0.05) is 16.7 Å². The number of rotatable bonds is 5. The topological polar surface area (TPSA) is 50.8 Å². The molecule has 7 heteroatoms. The third-order valence-electron chi connectivity index (χ3n) is 4.70. The highest BCUT2D eigenvalue weighted by atomic mass is 79.9. The molecule has 0 aliphatic carbocycles. The second kappa shape index (κ2) is 8.75. The van der Waals surface area contributed by atoms with Gasteiger partial charge in [-0.15, -0.1) is 0 Å². The minimum absolute atomic E-state index is 0.380. The SMILES string of the molecule is COC(=O)C1=C(C)N(Cc2ccc(Br)cc2)C(=S)NC1c1ccc(OC)cc1. The quantitative estimate of drug-likeness (QED) is 0.529. The number of hydrogen-bond donors (Lipinski definition) is 1.